The predicted octanol–water partition coefficient (Wildman–Crippen LogP) is 3.96. The number of aryl methyl sites for hydroxylation is 2. The van der Waals surface area contributed by atoms with Crippen LogP contribution in [0.25, 0.3) is 0 Å². The summed E-state index contributed by atoms with van der Waals surface area (Å²) in [6.07, 6.45) is 1.96. The van der Waals surface area contributed by atoms with Gasteiger partial charge in [-0.1, -0.05) is 42.4 Å². The molecule has 0 bridgehead atoms. The average molecular weight is 272 g/mol. The summed E-state index contributed by atoms with van der Waals surface area (Å²) in [5.74, 6) is 0. The van der Waals surface area contributed by atoms with E-state index in [0.717, 1.165) is 18.1 Å². The lowest BCUT2D eigenvalue weighted by molar-refractivity contribution is 0.721. The monoisotopic (exact) mass is 272 g/mol. The van der Waals surface area contributed by atoms with Gasteiger partial charge in [-0.3, -0.25) is 0 Å². The van der Waals surface area contributed by atoms with E-state index in [4.69, 9.17) is 0 Å². The Morgan fingerprint density at radius 2 is 1.89 bits per heavy atom. The lowest BCUT2D eigenvalue weighted by Gasteiger charge is -2.08. The third kappa shape index (κ3) is 4.08. The third-order valence-electron chi connectivity index (χ3n) is 2.90. The molecular weight excluding hydrogens is 252 g/mol. The first-order chi connectivity index (χ1) is 9.19. The van der Waals surface area contributed by atoms with Crippen molar-refractivity contribution in [2.75, 3.05) is 6.54 Å². The van der Waals surface area contributed by atoms with Crippen molar-refractivity contribution < 1.29 is 0 Å². The molecule has 0 aliphatic carbocycles. The fraction of sp³-hybridized carbons (Fsp3) is 0.312. The molecule has 0 fully saturated rings. The fourth-order valence-electron chi connectivity index (χ4n) is 1.81. The molecule has 0 atom stereocenters. The molecule has 0 amide bonds. The highest BCUT2D eigenvalue weighted by molar-refractivity contribution is 7.99. The van der Waals surface area contributed by atoms with Gasteiger partial charge in [0.15, 0.2) is 0 Å². The minimum absolute atomic E-state index is 0.889. The standard InChI is InChI=1S/C16H20N2S/c1-4-17-10-14-9-13(3)16(18-11-14)19-15-7-5-12(2)6-8-15/h5-9,11,17H,4,10H2,1-3H3. The van der Waals surface area contributed by atoms with Crippen LogP contribution in [-0.4, -0.2) is 11.5 Å². The zero-order chi connectivity index (χ0) is 13.7. The van der Waals surface area contributed by atoms with Crippen molar-refractivity contribution in [1.29, 1.82) is 0 Å². The number of rotatable bonds is 5. The maximum absolute atomic E-state index is 4.57. The van der Waals surface area contributed by atoms with Crippen molar-refractivity contribution in [2.45, 2.75) is 37.2 Å². The molecule has 0 saturated carbocycles. The molecule has 0 aliphatic heterocycles. The van der Waals surface area contributed by atoms with E-state index in [0.29, 0.717) is 0 Å². The van der Waals surface area contributed by atoms with Gasteiger partial charge in [0.05, 0.1) is 0 Å². The van der Waals surface area contributed by atoms with Gasteiger partial charge in [0.25, 0.3) is 0 Å². The van der Waals surface area contributed by atoms with E-state index in [1.54, 1.807) is 11.8 Å². The van der Waals surface area contributed by atoms with Gasteiger partial charge in [0.1, 0.15) is 5.03 Å². The lowest BCUT2D eigenvalue weighted by atomic mass is 10.2. The van der Waals surface area contributed by atoms with Crippen molar-refractivity contribution in [3.8, 4) is 0 Å². The molecule has 0 spiro atoms. The molecule has 0 radical (unpaired) electrons. The van der Waals surface area contributed by atoms with Gasteiger partial charge in [0, 0.05) is 17.6 Å². The topological polar surface area (TPSA) is 24.9 Å². The van der Waals surface area contributed by atoms with Gasteiger partial charge >= 0.3 is 0 Å². The molecule has 1 aromatic heterocycles. The molecular formula is C16H20N2S. The normalized spacial score (nSPS) is 10.7. The molecule has 0 unspecified atom stereocenters. The van der Waals surface area contributed by atoms with Gasteiger partial charge in [-0.15, -0.1) is 0 Å². The number of benzene rings is 1. The molecule has 1 aromatic carbocycles. The second-order valence-corrected chi connectivity index (χ2v) is 5.72. The number of pyridine rings is 1. The number of hydrogen-bond acceptors (Lipinski definition) is 3. The highest BCUT2D eigenvalue weighted by Crippen LogP contribution is 2.28. The Kier molecular flexibility index (Phi) is 5.00. The Morgan fingerprint density at radius 3 is 2.53 bits per heavy atom. The van der Waals surface area contributed by atoms with Crippen molar-refractivity contribution >= 4 is 11.8 Å². The van der Waals surface area contributed by atoms with Crippen molar-refractivity contribution in [3.05, 3.63) is 53.2 Å². The molecule has 3 heteroatoms. The Morgan fingerprint density at radius 1 is 1.16 bits per heavy atom. The van der Waals surface area contributed by atoms with Crippen LogP contribution in [0.4, 0.5) is 0 Å². The molecule has 2 nitrogen and oxygen atoms in total. The molecule has 2 rings (SSSR count). The van der Waals surface area contributed by atoms with Crippen LogP contribution in [0.15, 0.2) is 46.5 Å². The van der Waals surface area contributed by atoms with Gasteiger partial charge in [-0.2, -0.15) is 0 Å². The predicted molar refractivity (Wildman–Crippen MR) is 81.7 cm³/mol. The fourth-order valence-corrected chi connectivity index (χ4v) is 2.63. The minimum atomic E-state index is 0.889. The summed E-state index contributed by atoms with van der Waals surface area (Å²) in [4.78, 5) is 5.81. The highest BCUT2D eigenvalue weighted by Gasteiger charge is 2.04. The summed E-state index contributed by atoms with van der Waals surface area (Å²) in [5, 5.41) is 4.41. The highest BCUT2D eigenvalue weighted by atomic mass is 32.2. The number of aromatic nitrogens is 1. The van der Waals surface area contributed by atoms with E-state index >= 15 is 0 Å². The van der Waals surface area contributed by atoms with Crippen LogP contribution in [0, 0.1) is 13.8 Å². The molecule has 100 valence electrons. The maximum Gasteiger partial charge on any atom is 0.104 e. The average Bonchev–Trinajstić information content (AvgIpc) is 2.41. The van der Waals surface area contributed by atoms with Crippen molar-refractivity contribution in [2.24, 2.45) is 0 Å². The SMILES string of the molecule is CCNCc1cnc(Sc2ccc(C)cc2)c(C)c1. The van der Waals surface area contributed by atoms with E-state index < -0.39 is 0 Å². The molecule has 0 saturated heterocycles. The summed E-state index contributed by atoms with van der Waals surface area (Å²) >= 11 is 1.72. The van der Waals surface area contributed by atoms with Gasteiger partial charge in [-0.25, -0.2) is 4.98 Å². The first-order valence-corrected chi connectivity index (χ1v) is 7.41. The zero-order valence-corrected chi connectivity index (χ0v) is 12.6. The summed E-state index contributed by atoms with van der Waals surface area (Å²) in [6.45, 7) is 8.22. The second-order valence-electron chi connectivity index (χ2n) is 4.66. The zero-order valence-electron chi connectivity index (χ0n) is 11.7. The number of nitrogens with zero attached hydrogens (tertiary/aromatic N) is 1. The van der Waals surface area contributed by atoms with Gasteiger partial charge < -0.3 is 5.32 Å². The van der Waals surface area contributed by atoms with Crippen LogP contribution < -0.4 is 5.32 Å². The van der Waals surface area contributed by atoms with Crippen LogP contribution in [0.1, 0.15) is 23.6 Å². The Balaban J connectivity index is 2.10. The number of nitrogens with one attached hydrogen (secondary N) is 1. The first kappa shape index (κ1) is 14.1. The quantitative estimate of drug-likeness (QED) is 0.892. The van der Waals surface area contributed by atoms with Crippen LogP contribution >= 0.6 is 11.8 Å². The van der Waals surface area contributed by atoms with E-state index in [-0.39, 0.29) is 0 Å². The van der Waals surface area contributed by atoms with E-state index in [1.807, 2.05) is 6.20 Å². The Labute approximate surface area is 119 Å². The van der Waals surface area contributed by atoms with Crippen LogP contribution in [-0.2, 0) is 6.54 Å². The van der Waals surface area contributed by atoms with E-state index in [9.17, 15) is 0 Å². The van der Waals surface area contributed by atoms with Crippen molar-refractivity contribution in [3.63, 3.8) is 0 Å². The first-order valence-electron chi connectivity index (χ1n) is 6.60. The summed E-state index contributed by atoms with van der Waals surface area (Å²) in [6, 6.07) is 10.8. The van der Waals surface area contributed by atoms with E-state index in [1.165, 1.54) is 21.6 Å². The lowest BCUT2D eigenvalue weighted by Crippen LogP contribution is -2.12. The van der Waals surface area contributed by atoms with Crippen molar-refractivity contribution in [1.82, 2.24) is 10.3 Å². The summed E-state index contributed by atoms with van der Waals surface area (Å²) in [7, 11) is 0. The van der Waals surface area contributed by atoms with E-state index in [2.05, 4.69) is 61.4 Å². The smallest absolute Gasteiger partial charge is 0.104 e. The largest absolute Gasteiger partial charge is 0.313 e. The molecule has 0 aliphatic rings. The third-order valence-corrected chi connectivity index (χ3v) is 4.03. The second kappa shape index (κ2) is 6.73. The Bertz CT molecular complexity index is 535. The Hall–Kier alpha value is -1.32. The number of hydrogen-bond donors (Lipinski definition) is 1. The van der Waals surface area contributed by atoms with Crippen LogP contribution in [0.2, 0.25) is 0 Å². The summed E-state index contributed by atoms with van der Waals surface area (Å²) in [5.41, 5.74) is 3.77. The van der Waals surface area contributed by atoms with Crippen LogP contribution in [0.5, 0.6) is 0 Å². The molecule has 1 N–H and O–H groups in total. The molecule has 2 aromatic rings. The van der Waals surface area contributed by atoms with Crippen LogP contribution in [0.3, 0.4) is 0 Å². The molecule has 1 heterocycles. The summed E-state index contributed by atoms with van der Waals surface area (Å²) < 4.78 is 0. The van der Waals surface area contributed by atoms with Gasteiger partial charge in [0.2, 0.25) is 0 Å². The maximum atomic E-state index is 4.57. The van der Waals surface area contributed by atoms with Gasteiger partial charge in [-0.05, 0) is 43.7 Å². The molecule has 19 heavy (non-hydrogen) atoms. The minimum Gasteiger partial charge on any atom is -0.313 e.